The highest BCUT2D eigenvalue weighted by atomic mass is 16.3. The van der Waals surface area contributed by atoms with E-state index < -0.39 is 0 Å². The van der Waals surface area contributed by atoms with Gasteiger partial charge in [-0.1, -0.05) is 47.5 Å². The molecule has 5 nitrogen and oxygen atoms in total. The summed E-state index contributed by atoms with van der Waals surface area (Å²) in [6.45, 7) is 12.4. The van der Waals surface area contributed by atoms with Gasteiger partial charge in [-0.05, 0) is 30.6 Å². The predicted octanol–water partition coefficient (Wildman–Crippen LogP) is 2.98. The van der Waals surface area contributed by atoms with Gasteiger partial charge in [-0.3, -0.25) is 9.59 Å². The van der Waals surface area contributed by atoms with Crippen molar-refractivity contribution in [2.75, 3.05) is 19.6 Å². The summed E-state index contributed by atoms with van der Waals surface area (Å²) in [7, 11) is 0. The summed E-state index contributed by atoms with van der Waals surface area (Å²) in [4.78, 5) is 21.7. The lowest BCUT2D eigenvalue weighted by molar-refractivity contribution is -0.128. The molecule has 0 bridgehead atoms. The normalized spacial score (nSPS) is 22.0. The number of amides is 1. The van der Waals surface area contributed by atoms with Crippen LogP contribution in [0.5, 0.6) is 0 Å². The first kappa shape index (κ1) is 23.2. The second-order valence-corrected chi connectivity index (χ2v) is 6.14. The van der Waals surface area contributed by atoms with Gasteiger partial charge in [0.05, 0.1) is 6.54 Å². The van der Waals surface area contributed by atoms with Gasteiger partial charge in [-0.15, -0.1) is 0 Å². The summed E-state index contributed by atoms with van der Waals surface area (Å²) in [6, 6.07) is 0. The number of hydrogen-bond donors (Lipinski definition) is 2. The van der Waals surface area contributed by atoms with Gasteiger partial charge in [0.1, 0.15) is 0 Å². The van der Waals surface area contributed by atoms with Gasteiger partial charge < -0.3 is 15.7 Å². The summed E-state index contributed by atoms with van der Waals surface area (Å²) in [5, 5.41) is 6.89. The number of nitrogens with zero attached hydrogens (tertiary/aromatic N) is 1. The Morgan fingerprint density at radius 3 is 1.77 bits per heavy atom. The number of likely N-dealkylation sites (tertiary alicyclic amines) is 1. The molecule has 0 aromatic rings. The molecule has 2 aliphatic rings. The average molecular weight is 316 g/mol. The van der Waals surface area contributed by atoms with Gasteiger partial charge in [0.2, 0.25) is 5.91 Å². The SMILES string of the molecule is CC.CC(C)C.NCC(=O)N1CC2CCCCC2C1.O=CO. The fraction of sp³-hybridized carbons (Fsp3) is 0.882. The Bertz CT molecular complexity index is 266. The molecule has 1 saturated carbocycles. The maximum atomic E-state index is 11.4. The van der Waals surface area contributed by atoms with Gasteiger partial charge in [0.25, 0.3) is 6.47 Å². The fourth-order valence-electron chi connectivity index (χ4n) is 2.74. The molecular formula is C17H36N2O3. The minimum Gasteiger partial charge on any atom is -0.483 e. The van der Waals surface area contributed by atoms with Crippen LogP contribution < -0.4 is 5.73 Å². The summed E-state index contributed by atoms with van der Waals surface area (Å²) < 4.78 is 0. The maximum absolute atomic E-state index is 11.4. The minimum absolute atomic E-state index is 0.134. The zero-order valence-corrected chi connectivity index (χ0v) is 15.0. The first-order valence-electron chi connectivity index (χ1n) is 8.51. The Balaban J connectivity index is 0. The molecule has 22 heavy (non-hydrogen) atoms. The van der Waals surface area contributed by atoms with Crippen molar-refractivity contribution >= 4 is 12.4 Å². The average Bonchev–Trinajstić information content (AvgIpc) is 2.92. The van der Waals surface area contributed by atoms with Gasteiger partial charge in [-0.2, -0.15) is 0 Å². The Labute approximate surface area is 136 Å². The van der Waals surface area contributed by atoms with Gasteiger partial charge >= 0.3 is 0 Å². The molecule has 0 spiro atoms. The predicted molar refractivity (Wildman–Crippen MR) is 91.6 cm³/mol. The lowest BCUT2D eigenvalue weighted by atomic mass is 9.82. The van der Waals surface area contributed by atoms with E-state index in [0.717, 1.165) is 30.8 Å². The monoisotopic (exact) mass is 316 g/mol. The van der Waals surface area contributed by atoms with E-state index in [2.05, 4.69) is 20.8 Å². The van der Waals surface area contributed by atoms with E-state index in [-0.39, 0.29) is 18.9 Å². The topological polar surface area (TPSA) is 83.6 Å². The van der Waals surface area contributed by atoms with Crippen LogP contribution in [0, 0.1) is 17.8 Å². The number of nitrogens with two attached hydrogens (primary N) is 1. The second-order valence-electron chi connectivity index (χ2n) is 6.14. The Morgan fingerprint density at radius 1 is 1.18 bits per heavy atom. The van der Waals surface area contributed by atoms with Crippen LogP contribution in [0.4, 0.5) is 0 Å². The summed E-state index contributed by atoms with van der Waals surface area (Å²) in [5.74, 6) is 2.53. The molecular weight excluding hydrogens is 280 g/mol. The largest absolute Gasteiger partial charge is 0.483 e. The van der Waals surface area contributed by atoms with Crippen molar-refractivity contribution in [2.45, 2.75) is 60.3 Å². The summed E-state index contributed by atoms with van der Waals surface area (Å²) >= 11 is 0. The van der Waals surface area contributed by atoms with Gasteiger partial charge in [0, 0.05) is 13.1 Å². The standard InChI is InChI=1S/C10H18N2O.C4H10.C2H6.CH2O2/c11-5-10(13)12-6-8-3-1-2-4-9(8)7-12;1-4(2)3;1-2;2-1-3/h8-9H,1-7,11H2;4H,1-3H3;1-2H3;1H,(H,2,3). The van der Waals surface area contributed by atoms with Crippen LogP contribution in [-0.2, 0) is 9.59 Å². The van der Waals surface area contributed by atoms with E-state index in [1.54, 1.807) is 0 Å². The lowest BCUT2D eigenvalue weighted by Crippen LogP contribution is -2.34. The number of rotatable bonds is 1. The van der Waals surface area contributed by atoms with Crippen LogP contribution in [0.1, 0.15) is 60.3 Å². The first-order valence-corrected chi connectivity index (χ1v) is 8.51. The molecule has 2 unspecified atom stereocenters. The molecule has 1 saturated heterocycles. The molecule has 0 radical (unpaired) electrons. The molecule has 2 atom stereocenters. The minimum atomic E-state index is -0.250. The van der Waals surface area contributed by atoms with Crippen LogP contribution >= 0.6 is 0 Å². The highest BCUT2D eigenvalue weighted by molar-refractivity contribution is 5.78. The van der Waals surface area contributed by atoms with Crippen molar-refractivity contribution in [3.63, 3.8) is 0 Å². The van der Waals surface area contributed by atoms with Crippen LogP contribution in [0.15, 0.2) is 0 Å². The quantitative estimate of drug-likeness (QED) is 0.728. The third kappa shape index (κ3) is 10.6. The zero-order chi connectivity index (χ0) is 17.5. The number of carbonyl (C=O) groups is 2. The Hall–Kier alpha value is -1.10. The second kappa shape index (κ2) is 14.8. The van der Waals surface area contributed by atoms with E-state index in [0.29, 0.717) is 0 Å². The fourth-order valence-corrected chi connectivity index (χ4v) is 2.74. The number of carbonyl (C=O) groups excluding carboxylic acids is 1. The first-order chi connectivity index (χ1) is 10.5. The molecule has 1 aliphatic carbocycles. The Kier molecular flexibility index (Phi) is 15.6. The van der Waals surface area contributed by atoms with E-state index in [9.17, 15) is 4.79 Å². The Morgan fingerprint density at radius 2 is 1.50 bits per heavy atom. The van der Waals surface area contributed by atoms with Crippen LogP contribution in [0.3, 0.4) is 0 Å². The third-order valence-corrected chi connectivity index (χ3v) is 3.50. The van der Waals surface area contributed by atoms with Crippen molar-refractivity contribution in [1.82, 2.24) is 4.90 Å². The maximum Gasteiger partial charge on any atom is 0.290 e. The van der Waals surface area contributed by atoms with E-state index in [1.807, 2.05) is 18.7 Å². The van der Waals surface area contributed by atoms with Crippen LogP contribution in [-0.4, -0.2) is 42.0 Å². The van der Waals surface area contributed by atoms with Crippen molar-refractivity contribution in [3.05, 3.63) is 0 Å². The highest BCUT2D eigenvalue weighted by Gasteiger charge is 2.35. The van der Waals surface area contributed by atoms with Gasteiger partial charge in [0.15, 0.2) is 0 Å². The zero-order valence-electron chi connectivity index (χ0n) is 15.0. The lowest BCUT2D eigenvalue weighted by Gasteiger charge is -2.22. The molecule has 0 aromatic heterocycles. The highest BCUT2D eigenvalue weighted by Crippen LogP contribution is 2.35. The molecule has 132 valence electrons. The third-order valence-electron chi connectivity index (χ3n) is 3.50. The molecule has 2 fully saturated rings. The van der Waals surface area contributed by atoms with Crippen molar-refractivity contribution < 1.29 is 14.7 Å². The molecule has 1 heterocycles. The molecule has 2 rings (SSSR count). The number of hydrogen-bond acceptors (Lipinski definition) is 3. The van der Waals surface area contributed by atoms with E-state index >= 15 is 0 Å². The molecule has 1 amide bonds. The molecule has 1 aliphatic heterocycles. The molecule has 3 N–H and O–H groups in total. The van der Waals surface area contributed by atoms with Crippen molar-refractivity contribution in [2.24, 2.45) is 23.5 Å². The summed E-state index contributed by atoms with van der Waals surface area (Å²) in [5.41, 5.74) is 5.35. The van der Waals surface area contributed by atoms with E-state index in [1.165, 1.54) is 25.7 Å². The van der Waals surface area contributed by atoms with Crippen LogP contribution in [0.25, 0.3) is 0 Å². The molecule has 5 heteroatoms. The van der Waals surface area contributed by atoms with E-state index in [4.69, 9.17) is 15.6 Å². The number of carboxylic acid groups (broad SMARTS) is 1. The number of fused-ring (bicyclic) bond motifs is 1. The van der Waals surface area contributed by atoms with Crippen LogP contribution in [0.2, 0.25) is 0 Å². The van der Waals surface area contributed by atoms with Crippen molar-refractivity contribution in [1.29, 1.82) is 0 Å². The smallest absolute Gasteiger partial charge is 0.290 e. The van der Waals surface area contributed by atoms with Gasteiger partial charge in [-0.25, -0.2) is 0 Å². The van der Waals surface area contributed by atoms with Crippen molar-refractivity contribution in [3.8, 4) is 0 Å². The molecule has 0 aromatic carbocycles. The summed E-state index contributed by atoms with van der Waals surface area (Å²) in [6.07, 6.45) is 5.34.